The Kier molecular flexibility index (Phi) is 4.78. The van der Waals surface area contributed by atoms with Gasteiger partial charge in [0.2, 0.25) is 0 Å². The first-order valence-corrected chi connectivity index (χ1v) is 7.10. The number of methoxy groups -OCH3 is 1. The minimum Gasteiger partial charge on any atom is -0.384 e. The molecule has 2 rings (SSSR count). The lowest BCUT2D eigenvalue weighted by atomic mass is 10.0. The number of nitrogens with two attached hydrogens (primary N) is 1. The van der Waals surface area contributed by atoms with Crippen molar-refractivity contribution in [2.75, 3.05) is 13.7 Å². The summed E-state index contributed by atoms with van der Waals surface area (Å²) in [7, 11) is 1.59. The first-order valence-electron chi connectivity index (χ1n) is 7.10. The number of hydrogen-bond donors (Lipinski definition) is 2. The molecule has 0 aliphatic rings. The molecule has 1 heterocycles. The van der Waals surface area contributed by atoms with E-state index in [2.05, 4.69) is 13.0 Å². The van der Waals surface area contributed by atoms with E-state index in [1.54, 1.807) is 17.7 Å². The molecule has 0 unspecified atom stereocenters. The number of nitrogens with one attached hydrogen (secondary N) is 1. The number of aromatic nitrogens is 1. The van der Waals surface area contributed by atoms with Gasteiger partial charge in [-0.15, -0.1) is 0 Å². The van der Waals surface area contributed by atoms with E-state index < -0.39 is 0 Å². The highest BCUT2D eigenvalue weighted by Crippen LogP contribution is 2.21. The predicted molar refractivity (Wildman–Crippen MR) is 88.5 cm³/mol. The molecule has 5 heteroatoms. The van der Waals surface area contributed by atoms with Crippen molar-refractivity contribution < 1.29 is 4.74 Å². The van der Waals surface area contributed by atoms with E-state index in [4.69, 9.17) is 15.9 Å². The van der Waals surface area contributed by atoms with E-state index in [9.17, 15) is 4.79 Å². The first-order chi connectivity index (χ1) is 10.5. The zero-order valence-corrected chi connectivity index (χ0v) is 13.1. The number of pyridine rings is 1. The van der Waals surface area contributed by atoms with Gasteiger partial charge in [-0.05, 0) is 48.7 Å². The highest BCUT2D eigenvalue weighted by molar-refractivity contribution is 5.94. The van der Waals surface area contributed by atoms with Gasteiger partial charge >= 0.3 is 0 Å². The molecule has 0 spiro atoms. The summed E-state index contributed by atoms with van der Waals surface area (Å²) in [5.74, 6) is -0.220. The number of nitrogens with zero attached hydrogens (tertiary/aromatic N) is 1. The van der Waals surface area contributed by atoms with Gasteiger partial charge in [0.25, 0.3) is 5.56 Å². The zero-order chi connectivity index (χ0) is 16.3. The summed E-state index contributed by atoms with van der Waals surface area (Å²) in [6.45, 7) is 4.92. The topological polar surface area (TPSA) is 81.1 Å². The van der Waals surface area contributed by atoms with Crippen molar-refractivity contribution in [3.05, 3.63) is 57.4 Å². The maximum absolute atomic E-state index is 12.5. The van der Waals surface area contributed by atoms with Crippen molar-refractivity contribution in [1.82, 2.24) is 4.57 Å². The van der Waals surface area contributed by atoms with Crippen LogP contribution in [0.25, 0.3) is 11.3 Å². The van der Waals surface area contributed by atoms with Crippen molar-refractivity contribution in [3.63, 3.8) is 0 Å². The Morgan fingerprint density at radius 2 is 1.95 bits per heavy atom. The third-order valence-electron chi connectivity index (χ3n) is 3.79. The van der Waals surface area contributed by atoms with E-state index in [-0.39, 0.29) is 17.0 Å². The second kappa shape index (κ2) is 6.58. The van der Waals surface area contributed by atoms with Crippen LogP contribution in [0.2, 0.25) is 0 Å². The van der Waals surface area contributed by atoms with E-state index in [1.165, 1.54) is 11.1 Å². The fourth-order valence-electron chi connectivity index (χ4n) is 2.34. The quantitative estimate of drug-likeness (QED) is 0.655. The predicted octanol–water partition coefficient (Wildman–Crippen LogP) is 2.06. The molecule has 2 aromatic rings. The lowest BCUT2D eigenvalue weighted by molar-refractivity contribution is 0.186. The fourth-order valence-corrected chi connectivity index (χ4v) is 2.34. The van der Waals surface area contributed by atoms with Crippen molar-refractivity contribution in [2.24, 2.45) is 5.73 Å². The van der Waals surface area contributed by atoms with Crippen LogP contribution in [0.5, 0.6) is 0 Å². The van der Waals surface area contributed by atoms with Crippen LogP contribution in [0.4, 0.5) is 0 Å². The summed E-state index contributed by atoms with van der Waals surface area (Å²) >= 11 is 0. The first kappa shape index (κ1) is 16.0. The molecule has 5 nitrogen and oxygen atoms in total. The Balaban J connectivity index is 2.63. The number of rotatable bonds is 5. The van der Waals surface area contributed by atoms with Crippen LogP contribution < -0.4 is 11.3 Å². The van der Waals surface area contributed by atoms with Gasteiger partial charge in [-0.25, -0.2) is 0 Å². The SMILES string of the molecule is COCCn1c(-c2ccc(C)c(C)c2)ccc(C(=N)N)c1=O. The normalized spacial score (nSPS) is 10.7. The molecule has 22 heavy (non-hydrogen) atoms. The van der Waals surface area contributed by atoms with Gasteiger partial charge < -0.3 is 15.0 Å². The van der Waals surface area contributed by atoms with Crippen molar-refractivity contribution in [1.29, 1.82) is 5.41 Å². The van der Waals surface area contributed by atoms with Crippen molar-refractivity contribution in [2.45, 2.75) is 20.4 Å². The zero-order valence-electron chi connectivity index (χ0n) is 13.1. The fraction of sp³-hybridized carbons (Fsp3) is 0.294. The standard InChI is InChI=1S/C17H21N3O2/c1-11-4-5-13(10-12(11)2)15-7-6-14(16(18)19)17(21)20(15)8-9-22-3/h4-7,10H,8-9H2,1-3H3,(H3,18,19). The van der Waals surface area contributed by atoms with Gasteiger partial charge in [0, 0.05) is 13.7 Å². The Morgan fingerprint density at radius 1 is 1.23 bits per heavy atom. The Labute approximate surface area is 129 Å². The largest absolute Gasteiger partial charge is 0.384 e. The van der Waals surface area contributed by atoms with Gasteiger partial charge in [0.05, 0.1) is 17.9 Å². The van der Waals surface area contributed by atoms with Crippen LogP contribution in [-0.4, -0.2) is 24.1 Å². The Bertz CT molecular complexity index is 763. The monoisotopic (exact) mass is 299 g/mol. The summed E-state index contributed by atoms with van der Waals surface area (Å²) < 4.78 is 6.71. The highest BCUT2D eigenvalue weighted by atomic mass is 16.5. The van der Waals surface area contributed by atoms with Gasteiger partial charge in [-0.3, -0.25) is 10.2 Å². The molecule has 0 aliphatic carbocycles. The van der Waals surface area contributed by atoms with Crippen LogP contribution in [0, 0.1) is 19.3 Å². The maximum atomic E-state index is 12.5. The minimum atomic E-state index is -0.264. The summed E-state index contributed by atoms with van der Waals surface area (Å²) in [6, 6.07) is 9.53. The van der Waals surface area contributed by atoms with E-state index in [0.29, 0.717) is 13.2 Å². The molecule has 0 amide bonds. The number of benzene rings is 1. The summed E-state index contributed by atoms with van der Waals surface area (Å²) in [6.07, 6.45) is 0. The number of ether oxygens (including phenoxy) is 1. The molecule has 0 fully saturated rings. The van der Waals surface area contributed by atoms with Crippen LogP contribution in [-0.2, 0) is 11.3 Å². The second-order valence-corrected chi connectivity index (χ2v) is 5.29. The molecular weight excluding hydrogens is 278 g/mol. The molecule has 3 N–H and O–H groups in total. The molecular formula is C17H21N3O2. The Hall–Kier alpha value is -2.40. The van der Waals surface area contributed by atoms with Gasteiger partial charge in [0.1, 0.15) is 5.84 Å². The molecule has 0 radical (unpaired) electrons. The molecule has 0 saturated heterocycles. The molecule has 0 atom stereocenters. The molecule has 1 aromatic heterocycles. The van der Waals surface area contributed by atoms with Crippen molar-refractivity contribution in [3.8, 4) is 11.3 Å². The lowest BCUT2D eigenvalue weighted by Crippen LogP contribution is -2.31. The lowest BCUT2D eigenvalue weighted by Gasteiger charge is -2.15. The summed E-state index contributed by atoms with van der Waals surface area (Å²) in [5, 5.41) is 7.52. The minimum absolute atomic E-state index is 0.212. The third kappa shape index (κ3) is 3.09. The summed E-state index contributed by atoms with van der Waals surface area (Å²) in [4.78, 5) is 12.5. The molecule has 0 bridgehead atoms. The number of nitrogen functional groups attached to an aromatic ring is 1. The smallest absolute Gasteiger partial charge is 0.262 e. The van der Waals surface area contributed by atoms with Crippen LogP contribution in [0.15, 0.2) is 35.1 Å². The third-order valence-corrected chi connectivity index (χ3v) is 3.79. The van der Waals surface area contributed by atoms with E-state index in [0.717, 1.165) is 11.3 Å². The molecule has 0 aliphatic heterocycles. The van der Waals surface area contributed by atoms with E-state index in [1.807, 2.05) is 25.1 Å². The molecule has 116 valence electrons. The highest BCUT2D eigenvalue weighted by Gasteiger charge is 2.12. The second-order valence-electron chi connectivity index (χ2n) is 5.29. The number of aryl methyl sites for hydroxylation is 2. The van der Waals surface area contributed by atoms with Crippen LogP contribution in [0.3, 0.4) is 0 Å². The van der Waals surface area contributed by atoms with Crippen LogP contribution >= 0.6 is 0 Å². The van der Waals surface area contributed by atoms with Gasteiger partial charge in [-0.1, -0.05) is 12.1 Å². The average Bonchev–Trinajstić information content (AvgIpc) is 2.48. The Morgan fingerprint density at radius 3 is 2.55 bits per heavy atom. The number of hydrogen-bond acceptors (Lipinski definition) is 3. The van der Waals surface area contributed by atoms with Crippen LogP contribution in [0.1, 0.15) is 16.7 Å². The average molecular weight is 299 g/mol. The van der Waals surface area contributed by atoms with Crippen molar-refractivity contribution >= 4 is 5.84 Å². The number of amidine groups is 1. The van der Waals surface area contributed by atoms with Gasteiger partial charge in [-0.2, -0.15) is 0 Å². The maximum Gasteiger partial charge on any atom is 0.262 e. The molecule has 0 saturated carbocycles. The van der Waals surface area contributed by atoms with Gasteiger partial charge in [0.15, 0.2) is 0 Å². The molecule has 1 aromatic carbocycles. The summed E-state index contributed by atoms with van der Waals surface area (Å²) in [5.41, 5.74) is 9.57. The van der Waals surface area contributed by atoms with E-state index >= 15 is 0 Å².